The standard InChI is InChI=1S/C17H19N3O5S/c21-14-7-9-20(17(24)19-14)11-16(23)25-12-15(22)18-8-4-10-26-13-5-2-1-3-6-13/h1-3,5-7,9H,4,8,10-12H2,(H,18,22)(H,19,21,24). The van der Waals surface area contributed by atoms with Gasteiger partial charge in [0.15, 0.2) is 6.61 Å². The highest BCUT2D eigenvalue weighted by molar-refractivity contribution is 7.99. The Morgan fingerprint density at radius 2 is 1.92 bits per heavy atom. The monoisotopic (exact) mass is 377 g/mol. The first-order valence-corrected chi connectivity index (χ1v) is 8.93. The van der Waals surface area contributed by atoms with Crippen molar-refractivity contribution in [1.82, 2.24) is 14.9 Å². The number of amides is 1. The molecule has 0 aliphatic carbocycles. The van der Waals surface area contributed by atoms with Gasteiger partial charge in [-0.1, -0.05) is 18.2 Å². The van der Waals surface area contributed by atoms with Gasteiger partial charge in [0.05, 0.1) is 0 Å². The molecule has 0 spiro atoms. The number of H-pyrrole nitrogens is 1. The Hall–Kier alpha value is -2.81. The molecule has 138 valence electrons. The number of esters is 1. The molecule has 0 atom stereocenters. The Labute approximate surface area is 153 Å². The number of thioether (sulfide) groups is 1. The lowest BCUT2D eigenvalue weighted by atomic mass is 10.4. The van der Waals surface area contributed by atoms with E-state index in [4.69, 9.17) is 4.74 Å². The van der Waals surface area contributed by atoms with Gasteiger partial charge in [-0.25, -0.2) is 4.79 Å². The van der Waals surface area contributed by atoms with Crippen molar-refractivity contribution in [3.8, 4) is 0 Å². The topological polar surface area (TPSA) is 110 Å². The van der Waals surface area contributed by atoms with E-state index in [2.05, 4.69) is 5.32 Å². The van der Waals surface area contributed by atoms with Crippen LogP contribution >= 0.6 is 11.8 Å². The third-order valence-electron chi connectivity index (χ3n) is 3.22. The molecule has 26 heavy (non-hydrogen) atoms. The maximum Gasteiger partial charge on any atom is 0.328 e. The number of hydrogen-bond acceptors (Lipinski definition) is 6. The highest BCUT2D eigenvalue weighted by atomic mass is 32.2. The average molecular weight is 377 g/mol. The predicted octanol–water partition coefficient (Wildman–Crippen LogP) is 0.378. The second-order valence-electron chi connectivity index (χ2n) is 5.26. The Kier molecular flexibility index (Phi) is 7.69. The van der Waals surface area contributed by atoms with Crippen molar-refractivity contribution in [2.24, 2.45) is 0 Å². The van der Waals surface area contributed by atoms with Crippen LogP contribution in [0.1, 0.15) is 6.42 Å². The predicted molar refractivity (Wildman–Crippen MR) is 97.1 cm³/mol. The second kappa shape index (κ2) is 10.2. The summed E-state index contributed by atoms with van der Waals surface area (Å²) >= 11 is 1.70. The summed E-state index contributed by atoms with van der Waals surface area (Å²) in [4.78, 5) is 48.8. The van der Waals surface area contributed by atoms with Crippen LogP contribution in [0.15, 0.2) is 57.1 Å². The number of aromatic nitrogens is 2. The number of benzene rings is 1. The van der Waals surface area contributed by atoms with Crippen molar-refractivity contribution in [3.63, 3.8) is 0 Å². The number of ether oxygens (including phenoxy) is 1. The molecule has 1 aromatic heterocycles. The molecule has 2 aromatic rings. The summed E-state index contributed by atoms with van der Waals surface area (Å²) in [6, 6.07) is 11.1. The van der Waals surface area contributed by atoms with E-state index in [0.717, 1.165) is 22.8 Å². The van der Waals surface area contributed by atoms with E-state index in [0.29, 0.717) is 6.54 Å². The maximum absolute atomic E-state index is 11.6. The van der Waals surface area contributed by atoms with Crippen LogP contribution in [0.4, 0.5) is 0 Å². The summed E-state index contributed by atoms with van der Waals surface area (Å²) in [5.41, 5.74) is -1.26. The van der Waals surface area contributed by atoms with Crippen molar-refractivity contribution in [1.29, 1.82) is 0 Å². The highest BCUT2D eigenvalue weighted by Gasteiger charge is 2.09. The van der Waals surface area contributed by atoms with Gasteiger partial charge in [0.25, 0.3) is 11.5 Å². The van der Waals surface area contributed by atoms with Crippen molar-refractivity contribution >= 4 is 23.6 Å². The molecule has 0 unspecified atom stereocenters. The van der Waals surface area contributed by atoms with Crippen molar-refractivity contribution < 1.29 is 14.3 Å². The van der Waals surface area contributed by atoms with Gasteiger partial charge < -0.3 is 10.1 Å². The van der Waals surface area contributed by atoms with Gasteiger partial charge in [-0.2, -0.15) is 0 Å². The fourth-order valence-electron chi connectivity index (χ4n) is 1.96. The number of nitrogens with zero attached hydrogens (tertiary/aromatic N) is 1. The van der Waals surface area contributed by atoms with E-state index in [-0.39, 0.29) is 6.54 Å². The molecular weight excluding hydrogens is 358 g/mol. The number of carbonyl (C=O) groups excluding carboxylic acids is 2. The van der Waals surface area contributed by atoms with E-state index in [1.807, 2.05) is 35.3 Å². The maximum atomic E-state index is 11.6. The van der Waals surface area contributed by atoms with Crippen LogP contribution in [-0.2, 0) is 20.9 Å². The zero-order valence-electron chi connectivity index (χ0n) is 14.0. The van der Waals surface area contributed by atoms with E-state index in [9.17, 15) is 19.2 Å². The number of aromatic amines is 1. The molecule has 1 amide bonds. The zero-order valence-corrected chi connectivity index (χ0v) is 14.8. The molecule has 2 rings (SSSR count). The molecule has 9 heteroatoms. The van der Waals surface area contributed by atoms with Crippen LogP contribution in [0, 0.1) is 0 Å². The first-order chi connectivity index (χ1) is 12.5. The first kappa shape index (κ1) is 19.5. The largest absolute Gasteiger partial charge is 0.454 e. The number of rotatable bonds is 9. The Balaban J connectivity index is 1.60. The molecule has 1 aromatic carbocycles. The van der Waals surface area contributed by atoms with E-state index in [1.54, 1.807) is 11.8 Å². The summed E-state index contributed by atoms with van der Waals surface area (Å²) in [7, 11) is 0. The van der Waals surface area contributed by atoms with Gasteiger partial charge in [0.2, 0.25) is 0 Å². The normalized spacial score (nSPS) is 10.3. The quantitative estimate of drug-likeness (QED) is 0.371. The SMILES string of the molecule is O=C(COC(=O)Cn1ccc(=O)[nH]c1=O)NCCCSc1ccccc1. The summed E-state index contributed by atoms with van der Waals surface area (Å²) in [6.07, 6.45) is 1.97. The molecule has 0 bridgehead atoms. The molecule has 0 fully saturated rings. The van der Waals surface area contributed by atoms with Crippen molar-refractivity contribution in [2.75, 3.05) is 18.9 Å². The van der Waals surface area contributed by atoms with Crippen molar-refractivity contribution in [2.45, 2.75) is 17.9 Å². The van der Waals surface area contributed by atoms with Crippen LogP contribution in [0.2, 0.25) is 0 Å². The molecule has 0 aliphatic rings. The molecule has 0 saturated heterocycles. The zero-order chi connectivity index (χ0) is 18.8. The van der Waals surface area contributed by atoms with Gasteiger partial charge in [0, 0.05) is 23.7 Å². The Morgan fingerprint density at radius 3 is 2.65 bits per heavy atom. The Morgan fingerprint density at radius 1 is 1.15 bits per heavy atom. The van der Waals surface area contributed by atoms with Gasteiger partial charge in [-0.3, -0.25) is 23.9 Å². The molecule has 0 saturated carbocycles. The smallest absolute Gasteiger partial charge is 0.328 e. The van der Waals surface area contributed by atoms with Gasteiger partial charge >= 0.3 is 11.7 Å². The van der Waals surface area contributed by atoms with Crippen LogP contribution in [0.3, 0.4) is 0 Å². The van der Waals surface area contributed by atoms with E-state index < -0.39 is 29.7 Å². The minimum atomic E-state index is -0.742. The van der Waals surface area contributed by atoms with Crippen LogP contribution in [0.5, 0.6) is 0 Å². The van der Waals surface area contributed by atoms with Crippen molar-refractivity contribution in [3.05, 3.63) is 63.4 Å². The van der Waals surface area contributed by atoms with Crippen LogP contribution in [-0.4, -0.2) is 40.3 Å². The summed E-state index contributed by atoms with van der Waals surface area (Å²) in [5.74, 6) is -0.287. The lowest BCUT2D eigenvalue weighted by Gasteiger charge is -2.07. The molecule has 2 N–H and O–H groups in total. The summed E-state index contributed by atoms with van der Waals surface area (Å²) in [6.45, 7) is -0.311. The Bertz CT molecular complexity index is 847. The summed E-state index contributed by atoms with van der Waals surface area (Å²) < 4.78 is 5.80. The highest BCUT2D eigenvalue weighted by Crippen LogP contribution is 2.17. The molecule has 0 aliphatic heterocycles. The fraction of sp³-hybridized carbons (Fsp3) is 0.294. The van der Waals surface area contributed by atoms with Gasteiger partial charge in [0.1, 0.15) is 6.54 Å². The third kappa shape index (κ3) is 6.98. The minimum Gasteiger partial charge on any atom is -0.454 e. The van der Waals surface area contributed by atoms with Gasteiger partial charge in [-0.05, 0) is 24.3 Å². The lowest BCUT2D eigenvalue weighted by Crippen LogP contribution is -2.33. The number of hydrogen-bond donors (Lipinski definition) is 2. The van der Waals surface area contributed by atoms with Crippen LogP contribution < -0.4 is 16.6 Å². The number of carbonyl (C=O) groups is 2. The molecule has 8 nitrogen and oxygen atoms in total. The van der Waals surface area contributed by atoms with E-state index >= 15 is 0 Å². The molecular formula is C17H19N3O5S. The lowest BCUT2D eigenvalue weighted by molar-refractivity contribution is -0.149. The average Bonchev–Trinajstić information content (AvgIpc) is 2.63. The van der Waals surface area contributed by atoms with E-state index in [1.165, 1.54) is 11.1 Å². The molecule has 0 radical (unpaired) electrons. The van der Waals surface area contributed by atoms with Gasteiger partial charge in [-0.15, -0.1) is 11.8 Å². The number of nitrogens with one attached hydrogen (secondary N) is 2. The fourth-order valence-corrected chi connectivity index (χ4v) is 2.83. The third-order valence-corrected chi connectivity index (χ3v) is 4.31. The minimum absolute atomic E-state index is 0.378. The first-order valence-electron chi connectivity index (χ1n) is 7.94. The summed E-state index contributed by atoms with van der Waals surface area (Å²) in [5, 5.41) is 2.66. The second-order valence-corrected chi connectivity index (χ2v) is 6.43. The van der Waals surface area contributed by atoms with Crippen LogP contribution in [0.25, 0.3) is 0 Å². The molecule has 1 heterocycles.